The van der Waals surface area contributed by atoms with Gasteiger partial charge in [-0.2, -0.15) is 10.4 Å². The van der Waals surface area contributed by atoms with Crippen molar-refractivity contribution in [2.24, 2.45) is 0 Å². The normalized spacial score (nSPS) is 11.6. The maximum Gasteiger partial charge on any atom is 0.141 e. The van der Waals surface area contributed by atoms with Crippen LogP contribution in [0.15, 0.2) is 55.2 Å². The Morgan fingerprint density at radius 2 is 2.04 bits per heavy atom. The molecule has 134 valence electrons. The Bertz CT molecular complexity index is 1160. The number of halogens is 1. The summed E-state index contributed by atoms with van der Waals surface area (Å²) in [7, 11) is 0. The van der Waals surface area contributed by atoms with E-state index in [4.69, 9.17) is 0 Å². The van der Waals surface area contributed by atoms with Crippen molar-refractivity contribution >= 4 is 5.65 Å². The van der Waals surface area contributed by atoms with Gasteiger partial charge in [0.25, 0.3) is 0 Å². The molecule has 0 unspecified atom stereocenters. The van der Waals surface area contributed by atoms with E-state index in [1.807, 2.05) is 35.0 Å². The smallest absolute Gasteiger partial charge is 0.141 e. The number of nitriles is 1. The summed E-state index contributed by atoms with van der Waals surface area (Å²) < 4.78 is 17.4. The molecule has 0 saturated heterocycles. The van der Waals surface area contributed by atoms with Gasteiger partial charge < -0.3 is 4.40 Å². The number of aromatic nitrogens is 5. The Morgan fingerprint density at radius 1 is 1.19 bits per heavy atom. The first-order valence-electron chi connectivity index (χ1n) is 8.49. The summed E-state index contributed by atoms with van der Waals surface area (Å²) in [6, 6.07) is 9.44. The first-order valence-corrected chi connectivity index (χ1v) is 8.49. The zero-order valence-corrected chi connectivity index (χ0v) is 15.0. The topological polar surface area (TPSA) is 71.8 Å². The number of imidazole rings is 1. The average Bonchev–Trinajstić information content (AvgIpc) is 3.28. The maximum atomic E-state index is 13.9. The van der Waals surface area contributed by atoms with Gasteiger partial charge in [0, 0.05) is 41.5 Å². The lowest BCUT2D eigenvalue weighted by atomic mass is 10.0. The van der Waals surface area contributed by atoms with Crippen molar-refractivity contribution < 1.29 is 4.39 Å². The fourth-order valence-electron chi connectivity index (χ4n) is 3.01. The Hall–Kier alpha value is -3.53. The number of alkyl halides is 1. The number of fused-ring (bicyclic) bond motifs is 1. The Balaban J connectivity index is 1.83. The summed E-state index contributed by atoms with van der Waals surface area (Å²) in [5.41, 5.74) is 2.91. The highest BCUT2D eigenvalue weighted by Crippen LogP contribution is 2.31. The molecule has 4 heterocycles. The summed E-state index contributed by atoms with van der Waals surface area (Å²) in [6.07, 6.45) is 8.97. The Labute approximate surface area is 155 Å². The quantitative estimate of drug-likeness (QED) is 0.554. The van der Waals surface area contributed by atoms with Gasteiger partial charge in [-0.25, -0.2) is 14.4 Å². The standard InChI is InChI=1S/C20H17FN6/c1-20(2,21)13-27-12-15(11-24-27)17-4-3-16(10-22)25-19(17)14-5-7-26-8-6-23-18(26)9-14/h3-9,11-12H,13H2,1-2H3. The maximum absolute atomic E-state index is 13.9. The van der Waals surface area contributed by atoms with Crippen molar-refractivity contribution in [2.75, 3.05) is 0 Å². The van der Waals surface area contributed by atoms with Crippen LogP contribution in [0.1, 0.15) is 19.5 Å². The molecule has 0 fully saturated rings. The van der Waals surface area contributed by atoms with E-state index in [9.17, 15) is 9.65 Å². The Morgan fingerprint density at radius 3 is 2.81 bits per heavy atom. The molecule has 0 spiro atoms. The van der Waals surface area contributed by atoms with E-state index >= 15 is 0 Å². The van der Waals surface area contributed by atoms with Crippen LogP contribution in [-0.2, 0) is 6.54 Å². The molecule has 0 aliphatic carbocycles. The minimum Gasteiger partial charge on any atom is -0.307 e. The van der Waals surface area contributed by atoms with Crippen LogP contribution in [-0.4, -0.2) is 29.8 Å². The molecule has 4 aromatic rings. The van der Waals surface area contributed by atoms with Gasteiger partial charge in [0.15, 0.2) is 0 Å². The minimum atomic E-state index is -1.36. The number of rotatable bonds is 4. The fourth-order valence-corrected chi connectivity index (χ4v) is 3.01. The zero-order valence-electron chi connectivity index (χ0n) is 15.0. The van der Waals surface area contributed by atoms with Crippen molar-refractivity contribution in [2.45, 2.75) is 26.1 Å². The molecule has 0 amide bonds. The van der Waals surface area contributed by atoms with Crippen molar-refractivity contribution in [1.29, 1.82) is 5.26 Å². The monoisotopic (exact) mass is 360 g/mol. The van der Waals surface area contributed by atoms with Gasteiger partial charge in [-0.05, 0) is 38.1 Å². The third kappa shape index (κ3) is 3.42. The first kappa shape index (κ1) is 16.9. The largest absolute Gasteiger partial charge is 0.307 e. The molecule has 6 nitrogen and oxygen atoms in total. The molecule has 0 bridgehead atoms. The van der Waals surface area contributed by atoms with Gasteiger partial charge >= 0.3 is 0 Å². The molecule has 0 atom stereocenters. The second-order valence-corrected chi connectivity index (χ2v) is 6.96. The molecule has 7 heteroatoms. The molecule has 4 rings (SSSR count). The summed E-state index contributed by atoms with van der Waals surface area (Å²) in [5.74, 6) is 0. The van der Waals surface area contributed by atoms with Crippen LogP contribution in [0.25, 0.3) is 28.0 Å². The van der Waals surface area contributed by atoms with Gasteiger partial charge in [0.1, 0.15) is 23.1 Å². The van der Waals surface area contributed by atoms with Gasteiger partial charge in [0.05, 0.1) is 18.4 Å². The minimum absolute atomic E-state index is 0.159. The van der Waals surface area contributed by atoms with Crippen molar-refractivity contribution in [1.82, 2.24) is 24.1 Å². The molecule has 0 saturated carbocycles. The van der Waals surface area contributed by atoms with Crippen LogP contribution >= 0.6 is 0 Å². The van der Waals surface area contributed by atoms with Gasteiger partial charge in [0.2, 0.25) is 0 Å². The molecule has 0 N–H and O–H groups in total. The molecule has 0 aliphatic heterocycles. The third-order valence-corrected chi connectivity index (χ3v) is 4.16. The molecule has 0 aromatic carbocycles. The lowest BCUT2D eigenvalue weighted by Crippen LogP contribution is -2.21. The van der Waals surface area contributed by atoms with E-state index in [-0.39, 0.29) is 6.54 Å². The molecule has 27 heavy (non-hydrogen) atoms. The first-order chi connectivity index (χ1) is 12.9. The number of hydrogen-bond donors (Lipinski definition) is 0. The SMILES string of the molecule is CC(C)(F)Cn1cc(-c2ccc(C#N)nc2-c2ccn3ccnc3c2)cn1. The van der Waals surface area contributed by atoms with Crippen LogP contribution in [0.5, 0.6) is 0 Å². The second kappa shape index (κ2) is 6.32. The van der Waals surface area contributed by atoms with E-state index in [1.54, 1.807) is 29.3 Å². The fraction of sp³-hybridized carbons (Fsp3) is 0.200. The lowest BCUT2D eigenvalue weighted by Gasteiger charge is -2.13. The van der Waals surface area contributed by atoms with Crippen molar-refractivity contribution in [3.63, 3.8) is 0 Å². The highest BCUT2D eigenvalue weighted by atomic mass is 19.1. The summed E-state index contributed by atoms with van der Waals surface area (Å²) in [6.45, 7) is 3.19. The summed E-state index contributed by atoms with van der Waals surface area (Å²) in [4.78, 5) is 8.81. The lowest BCUT2D eigenvalue weighted by molar-refractivity contribution is 0.179. The van der Waals surface area contributed by atoms with E-state index in [1.165, 1.54) is 13.8 Å². The molecule has 0 aliphatic rings. The van der Waals surface area contributed by atoms with E-state index in [0.717, 1.165) is 22.3 Å². The zero-order chi connectivity index (χ0) is 19.0. The predicted octanol–water partition coefficient (Wildman–Crippen LogP) is 3.88. The Kier molecular flexibility index (Phi) is 3.96. The van der Waals surface area contributed by atoms with Gasteiger partial charge in [-0.3, -0.25) is 4.68 Å². The average molecular weight is 360 g/mol. The number of pyridine rings is 2. The highest BCUT2D eigenvalue weighted by molar-refractivity contribution is 5.81. The second-order valence-electron chi connectivity index (χ2n) is 6.96. The van der Waals surface area contributed by atoms with Crippen LogP contribution in [0.2, 0.25) is 0 Å². The highest BCUT2D eigenvalue weighted by Gasteiger charge is 2.18. The number of nitrogens with zero attached hydrogens (tertiary/aromatic N) is 6. The van der Waals surface area contributed by atoms with Crippen molar-refractivity contribution in [3.8, 4) is 28.5 Å². The van der Waals surface area contributed by atoms with E-state index in [2.05, 4.69) is 21.1 Å². The van der Waals surface area contributed by atoms with E-state index in [0.29, 0.717) is 11.4 Å². The molecular weight excluding hydrogens is 343 g/mol. The predicted molar refractivity (Wildman–Crippen MR) is 99.5 cm³/mol. The van der Waals surface area contributed by atoms with Gasteiger partial charge in [-0.1, -0.05) is 0 Å². The molecular formula is C20H17FN6. The summed E-state index contributed by atoms with van der Waals surface area (Å²) >= 11 is 0. The van der Waals surface area contributed by atoms with Crippen LogP contribution in [0.4, 0.5) is 4.39 Å². The van der Waals surface area contributed by atoms with Crippen LogP contribution < -0.4 is 0 Å². The summed E-state index contributed by atoms with van der Waals surface area (Å²) in [5, 5.41) is 13.5. The van der Waals surface area contributed by atoms with Crippen molar-refractivity contribution in [3.05, 3.63) is 60.9 Å². The number of hydrogen-bond acceptors (Lipinski definition) is 4. The third-order valence-electron chi connectivity index (χ3n) is 4.16. The van der Waals surface area contributed by atoms with Crippen LogP contribution in [0, 0.1) is 11.3 Å². The van der Waals surface area contributed by atoms with Gasteiger partial charge in [-0.15, -0.1) is 0 Å². The molecule has 0 radical (unpaired) electrons. The van der Waals surface area contributed by atoms with Crippen LogP contribution in [0.3, 0.4) is 0 Å². The molecule has 4 aromatic heterocycles. The van der Waals surface area contributed by atoms with E-state index < -0.39 is 5.67 Å².